The summed E-state index contributed by atoms with van der Waals surface area (Å²) in [5.74, 6) is -0.654. The predicted octanol–water partition coefficient (Wildman–Crippen LogP) is 2.69. The smallest absolute Gasteiger partial charge is 0.325 e. The van der Waals surface area contributed by atoms with Gasteiger partial charge >= 0.3 is 12.0 Å². The Bertz CT molecular complexity index is 786. The highest BCUT2D eigenvalue weighted by molar-refractivity contribution is 6.07. The molecule has 2 aliphatic rings. The number of nitrogens with one attached hydrogen (secondary N) is 1. The van der Waals surface area contributed by atoms with E-state index in [9.17, 15) is 14.4 Å². The molecule has 2 aliphatic heterocycles. The van der Waals surface area contributed by atoms with Crippen LogP contribution < -0.4 is 5.32 Å². The molecule has 29 heavy (non-hydrogen) atoms. The Hall–Kier alpha value is -2.41. The van der Waals surface area contributed by atoms with E-state index in [4.69, 9.17) is 4.74 Å². The van der Waals surface area contributed by atoms with Crippen molar-refractivity contribution >= 4 is 17.9 Å². The van der Waals surface area contributed by atoms with Crippen LogP contribution in [0.1, 0.15) is 53.0 Å². The van der Waals surface area contributed by atoms with Crippen LogP contribution in [0.2, 0.25) is 0 Å². The maximum atomic E-state index is 13.3. The van der Waals surface area contributed by atoms with E-state index in [2.05, 4.69) is 50.0 Å². The molecule has 0 unspecified atom stereocenters. The van der Waals surface area contributed by atoms with E-state index in [0.29, 0.717) is 12.8 Å². The number of urea groups is 1. The first kappa shape index (κ1) is 21.3. The molecule has 0 radical (unpaired) electrons. The van der Waals surface area contributed by atoms with Crippen LogP contribution in [0.4, 0.5) is 4.79 Å². The van der Waals surface area contributed by atoms with Gasteiger partial charge in [-0.05, 0) is 46.1 Å². The van der Waals surface area contributed by atoms with Crippen LogP contribution in [0, 0.1) is 0 Å². The molecule has 1 aromatic rings. The molecule has 1 spiro atoms. The largest absolute Gasteiger partial charge is 0.464 e. The summed E-state index contributed by atoms with van der Waals surface area (Å²) >= 11 is 0. The molecular weight excluding hydrogens is 370 g/mol. The summed E-state index contributed by atoms with van der Waals surface area (Å²) < 4.78 is 4.92. The number of imide groups is 1. The summed E-state index contributed by atoms with van der Waals surface area (Å²) in [6, 6.07) is 9.86. The number of piperidine rings is 1. The lowest BCUT2D eigenvalue weighted by atomic mass is 9.68. The zero-order chi connectivity index (χ0) is 21.4. The summed E-state index contributed by atoms with van der Waals surface area (Å²) in [6.07, 6.45) is 1.04. The van der Waals surface area contributed by atoms with Gasteiger partial charge in [-0.3, -0.25) is 19.4 Å². The number of benzene rings is 1. The standard InChI is InChI=1S/C22H31N3O4/c1-16(26)29-12-11-24-18(27)22(23-19(24)28)14-20(2,3)25(21(4,5)15-22)13-17-9-7-6-8-10-17/h6-10H,11-15H2,1-5H3,(H,23,28). The molecular formula is C22H31N3O4. The molecule has 0 aromatic heterocycles. The number of carbonyl (C=O) groups is 3. The number of likely N-dealkylation sites (tertiary alicyclic amines) is 1. The van der Waals surface area contributed by atoms with Crippen LogP contribution >= 0.6 is 0 Å². The van der Waals surface area contributed by atoms with Gasteiger partial charge in [-0.15, -0.1) is 0 Å². The van der Waals surface area contributed by atoms with Crippen molar-refractivity contribution in [3.05, 3.63) is 35.9 Å². The predicted molar refractivity (Wildman–Crippen MR) is 109 cm³/mol. The number of esters is 1. The number of nitrogens with zero attached hydrogens (tertiary/aromatic N) is 2. The zero-order valence-electron chi connectivity index (χ0n) is 17.9. The molecule has 2 heterocycles. The summed E-state index contributed by atoms with van der Waals surface area (Å²) in [4.78, 5) is 40.5. The molecule has 7 heteroatoms. The van der Waals surface area contributed by atoms with Gasteiger partial charge in [-0.25, -0.2) is 4.79 Å². The van der Waals surface area contributed by atoms with Gasteiger partial charge in [0.15, 0.2) is 0 Å². The molecule has 1 aromatic carbocycles. The average molecular weight is 402 g/mol. The van der Waals surface area contributed by atoms with Gasteiger partial charge in [0.25, 0.3) is 5.91 Å². The number of ether oxygens (including phenoxy) is 1. The first-order valence-corrected chi connectivity index (χ1v) is 10.1. The molecule has 0 atom stereocenters. The first-order chi connectivity index (χ1) is 13.5. The number of amides is 3. The van der Waals surface area contributed by atoms with Gasteiger partial charge < -0.3 is 10.1 Å². The fourth-order valence-electron chi connectivity index (χ4n) is 5.14. The third-order valence-corrected chi connectivity index (χ3v) is 5.98. The normalized spacial score (nSPS) is 22.6. The summed E-state index contributed by atoms with van der Waals surface area (Å²) in [6.45, 7) is 10.7. The zero-order valence-corrected chi connectivity index (χ0v) is 17.9. The second kappa shape index (κ2) is 7.44. The van der Waals surface area contributed by atoms with Gasteiger partial charge in [-0.1, -0.05) is 30.3 Å². The summed E-state index contributed by atoms with van der Waals surface area (Å²) in [5.41, 5.74) is -0.346. The molecule has 0 aliphatic carbocycles. The van der Waals surface area contributed by atoms with Gasteiger partial charge in [0.1, 0.15) is 12.1 Å². The average Bonchev–Trinajstić information content (AvgIpc) is 2.81. The molecule has 7 nitrogen and oxygen atoms in total. The molecule has 0 bridgehead atoms. The lowest BCUT2D eigenvalue weighted by Gasteiger charge is -2.57. The number of carbonyl (C=O) groups excluding carboxylic acids is 3. The Morgan fingerprint density at radius 2 is 1.66 bits per heavy atom. The highest BCUT2D eigenvalue weighted by Crippen LogP contribution is 2.46. The van der Waals surface area contributed by atoms with E-state index in [1.165, 1.54) is 17.4 Å². The van der Waals surface area contributed by atoms with Crippen molar-refractivity contribution < 1.29 is 19.1 Å². The summed E-state index contributed by atoms with van der Waals surface area (Å²) in [5, 5.41) is 2.97. The third-order valence-electron chi connectivity index (χ3n) is 5.98. The van der Waals surface area contributed by atoms with E-state index < -0.39 is 17.5 Å². The topological polar surface area (TPSA) is 79.0 Å². The van der Waals surface area contributed by atoms with Crippen molar-refractivity contribution in [3.63, 3.8) is 0 Å². The number of hydrogen-bond donors (Lipinski definition) is 1. The first-order valence-electron chi connectivity index (χ1n) is 10.1. The Balaban J connectivity index is 1.82. The van der Waals surface area contributed by atoms with Gasteiger partial charge in [0.2, 0.25) is 0 Å². The van der Waals surface area contributed by atoms with E-state index in [0.717, 1.165) is 6.54 Å². The molecule has 3 amide bonds. The van der Waals surface area contributed by atoms with E-state index in [1.54, 1.807) is 0 Å². The van der Waals surface area contributed by atoms with Gasteiger partial charge in [-0.2, -0.15) is 0 Å². The van der Waals surface area contributed by atoms with Gasteiger partial charge in [0, 0.05) is 24.5 Å². The second-order valence-electron chi connectivity index (χ2n) is 9.36. The number of rotatable bonds is 5. The van der Waals surface area contributed by atoms with Crippen LogP contribution in [0.3, 0.4) is 0 Å². The molecule has 158 valence electrons. The van der Waals surface area contributed by atoms with Gasteiger partial charge in [0.05, 0.1) is 6.54 Å². The van der Waals surface area contributed by atoms with Crippen molar-refractivity contribution in [3.8, 4) is 0 Å². The van der Waals surface area contributed by atoms with E-state index in [1.807, 2.05) is 18.2 Å². The minimum absolute atomic E-state index is 0.0114. The van der Waals surface area contributed by atoms with Crippen LogP contribution in [0.25, 0.3) is 0 Å². The molecule has 0 saturated carbocycles. The lowest BCUT2D eigenvalue weighted by Crippen LogP contribution is -2.69. The highest BCUT2D eigenvalue weighted by atomic mass is 16.5. The molecule has 1 N–H and O–H groups in total. The third kappa shape index (κ3) is 4.15. The lowest BCUT2D eigenvalue weighted by molar-refractivity contribution is -0.145. The van der Waals surface area contributed by atoms with E-state index in [-0.39, 0.29) is 30.1 Å². The Kier molecular flexibility index (Phi) is 5.47. The second-order valence-corrected chi connectivity index (χ2v) is 9.36. The van der Waals surface area contributed by atoms with Crippen LogP contribution in [0.5, 0.6) is 0 Å². The number of hydrogen-bond acceptors (Lipinski definition) is 5. The summed E-state index contributed by atoms with van der Waals surface area (Å²) in [7, 11) is 0. The fourth-order valence-corrected chi connectivity index (χ4v) is 5.14. The molecule has 3 rings (SSSR count). The van der Waals surface area contributed by atoms with Crippen LogP contribution in [-0.2, 0) is 20.9 Å². The fraction of sp³-hybridized carbons (Fsp3) is 0.591. The SMILES string of the molecule is CC(=O)OCCN1C(=O)NC2(CC(C)(C)N(Cc3ccccc3)C(C)(C)C2)C1=O. The van der Waals surface area contributed by atoms with Crippen LogP contribution in [-0.4, -0.2) is 57.5 Å². The minimum atomic E-state index is -0.937. The van der Waals surface area contributed by atoms with E-state index >= 15 is 0 Å². The van der Waals surface area contributed by atoms with Crippen molar-refractivity contribution in [1.82, 2.24) is 15.1 Å². The monoisotopic (exact) mass is 401 g/mol. The quantitative estimate of drug-likeness (QED) is 0.606. The van der Waals surface area contributed by atoms with Crippen molar-refractivity contribution in [2.75, 3.05) is 13.2 Å². The molecule has 2 fully saturated rings. The van der Waals surface area contributed by atoms with Crippen LogP contribution in [0.15, 0.2) is 30.3 Å². The Morgan fingerprint density at radius 1 is 1.07 bits per heavy atom. The maximum Gasteiger partial charge on any atom is 0.325 e. The van der Waals surface area contributed by atoms with Crippen molar-refractivity contribution in [2.24, 2.45) is 0 Å². The minimum Gasteiger partial charge on any atom is -0.464 e. The maximum absolute atomic E-state index is 13.3. The molecule has 2 saturated heterocycles. The highest BCUT2D eigenvalue weighted by Gasteiger charge is 2.60. The van der Waals surface area contributed by atoms with Crippen molar-refractivity contribution in [1.29, 1.82) is 0 Å². The Morgan fingerprint density at radius 3 is 2.21 bits per heavy atom. The van der Waals surface area contributed by atoms with Crippen molar-refractivity contribution in [2.45, 2.75) is 70.6 Å². The Labute approximate surface area is 172 Å².